The molecule has 0 radical (unpaired) electrons. The van der Waals surface area contributed by atoms with Crippen LogP contribution in [0.25, 0.3) is 0 Å². The zero-order valence-electron chi connectivity index (χ0n) is 11.8. The van der Waals surface area contributed by atoms with E-state index in [2.05, 4.69) is 15.9 Å². The predicted octanol–water partition coefficient (Wildman–Crippen LogP) is 4.98. The van der Waals surface area contributed by atoms with Gasteiger partial charge >= 0.3 is 12.4 Å². The lowest BCUT2D eigenvalue weighted by Gasteiger charge is -2.19. The van der Waals surface area contributed by atoms with Crippen molar-refractivity contribution in [2.24, 2.45) is 7.05 Å². The first kappa shape index (κ1) is 18.4. The van der Waals surface area contributed by atoms with Crippen molar-refractivity contribution in [1.29, 1.82) is 0 Å². The van der Waals surface area contributed by atoms with Crippen molar-refractivity contribution in [1.82, 2.24) is 4.57 Å². The Kier molecular flexibility index (Phi) is 4.71. The molecule has 3 nitrogen and oxygen atoms in total. The summed E-state index contributed by atoms with van der Waals surface area (Å²) in [5, 5.41) is 0. The molecule has 0 N–H and O–H groups in total. The summed E-state index contributed by atoms with van der Waals surface area (Å²) >= 11 is 2.89. The Hall–Kier alpha value is -1.97. The molecule has 24 heavy (non-hydrogen) atoms. The third kappa shape index (κ3) is 3.58. The number of ether oxygens (including phenoxy) is 1. The first-order chi connectivity index (χ1) is 10.9. The van der Waals surface area contributed by atoms with Gasteiger partial charge < -0.3 is 9.30 Å². The van der Waals surface area contributed by atoms with Crippen LogP contribution < -0.4 is 10.3 Å². The lowest BCUT2D eigenvalue weighted by Crippen LogP contribution is -2.20. The van der Waals surface area contributed by atoms with E-state index in [4.69, 9.17) is 4.74 Å². The highest BCUT2D eigenvalue weighted by Crippen LogP contribution is 2.45. The van der Waals surface area contributed by atoms with Crippen LogP contribution >= 0.6 is 15.9 Å². The van der Waals surface area contributed by atoms with Crippen molar-refractivity contribution in [2.45, 2.75) is 12.4 Å². The number of para-hydroxylation sites is 1. The van der Waals surface area contributed by atoms with Gasteiger partial charge in [-0.05, 0) is 34.1 Å². The Morgan fingerprint density at radius 3 is 1.92 bits per heavy atom. The van der Waals surface area contributed by atoms with Crippen LogP contribution in [0.2, 0.25) is 0 Å². The average molecular weight is 416 g/mol. The summed E-state index contributed by atoms with van der Waals surface area (Å²) in [7, 11) is 1.28. The minimum Gasteiger partial charge on any atom is -0.449 e. The number of hydrogen-bond donors (Lipinski definition) is 0. The highest BCUT2D eigenvalue weighted by molar-refractivity contribution is 9.10. The number of aryl methyl sites for hydroxylation is 1. The number of rotatable bonds is 2. The summed E-state index contributed by atoms with van der Waals surface area (Å²) < 4.78 is 84.0. The van der Waals surface area contributed by atoms with Crippen molar-refractivity contribution in [3.8, 4) is 11.5 Å². The summed E-state index contributed by atoms with van der Waals surface area (Å²) in [6.07, 6.45) is -8.91. The molecule has 10 heteroatoms. The summed E-state index contributed by atoms with van der Waals surface area (Å²) in [6, 6.07) is 2.79. The normalized spacial score (nSPS) is 12.3. The standard InChI is InChI=1S/C14H8BrF6NO2/c1-22-6-5-9(15)11(12(22)23)24-10-7(13(16,17)18)3-2-4-8(10)14(19,20)21/h2-6H,1H3. The minimum absolute atomic E-state index is 0.0734. The van der Waals surface area contributed by atoms with Crippen molar-refractivity contribution < 1.29 is 31.1 Å². The maximum absolute atomic E-state index is 13.1. The van der Waals surface area contributed by atoms with Crippen molar-refractivity contribution in [3.63, 3.8) is 0 Å². The van der Waals surface area contributed by atoms with Gasteiger partial charge in [-0.3, -0.25) is 4.79 Å². The zero-order chi connectivity index (χ0) is 18.3. The van der Waals surface area contributed by atoms with Crippen molar-refractivity contribution in [3.05, 3.63) is 56.4 Å². The summed E-state index contributed by atoms with van der Waals surface area (Å²) in [5.41, 5.74) is -4.15. The number of aromatic nitrogens is 1. The Morgan fingerprint density at radius 2 is 1.46 bits per heavy atom. The molecule has 0 spiro atoms. The SMILES string of the molecule is Cn1ccc(Br)c(Oc2c(C(F)(F)F)cccc2C(F)(F)F)c1=O. The molecule has 0 atom stereocenters. The third-order valence-electron chi connectivity index (χ3n) is 3.01. The molecule has 2 aromatic rings. The van der Waals surface area contributed by atoms with Gasteiger partial charge in [0.05, 0.1) is 15.6 Å². The third-order valence-corrected chi connectivity index (χ3v) is 3.63. The van der Waals surface area contributed by atoms with Gasteiger partial charge in [-0.1, -0.05) is 6.07 Å². The fourth-order valence-corrected chi connectivity index (χ4v) is 2.24. The van der Waals surface area contributed by atoms with E-state index < -0.39 is 40.5 Å². The second kappa shape index (κ2) is 6.15. The molecule has 0 bridgehead atoms. The van der Waals surface area contributed by atoms with Gasteiger partial charge in [0.2, 0.25) is 5.75 Å². The molecule has 0 saturated heterocycles. The molecule has 0 unspecified atom stereocenters. The van der Waals surface area contributed by atoms with Crippen LogP contribution in [0, 0.1) is 0 Å². The molecule has 0 aliphatic rings. The van der Waals surface area contributed by atoms with E-state index in [1.54, 1.807) is 0 Å². The maximum atomic E-state index is 13.1. The molecule has 2 rings (SSSR count). The molecule has 130 valence electrons. The highest BCUT2D eigenvalue weighted by atomic mass is 79.9. The summed E-state index contributed by atoms with van der Waals surface area (Å²) in [4.78, 5) is 12.0. The second-order valence-electron chi connectivity index (χ2n) is 4.69. The lowest BCUT2D eigenvalue weighted by atomic mass is 10.1. The second-order valence-corrected chi connectivity index (χ2v) is 5.54. The molecular formula is C14H8BrF6NO2. The van der Waals surface area contributed by atoms with Gasteiger partial charge in [0.1, 0.15) is 0 Å². The predicted molar refractivity (Wildman–Crippen MR) is 75.9 cm³/mol. The van der Waals surface area contributed by atoms with Crippen LogP contribution in [0.1, 0.15) is 11.1 Å². The van der Waals surface area contributed by atoms with Crippen LogP contribution in [0.4, 0.5) is 26.3 Å². The molecule has 1 aromatic carbocycles. The van der Waals surface area contributed by atoms with E-state index in [-0.39, 0.29) is 4.47 Å². The monoisotopic (exact) mass is 415 g/mol. The van der Waals surface area contributed by atoms with Crippen LogP contribution in [0.5, 0.6) is 11.5 Å². The van der Waals surface area contributed by atoms with Gasteiger partial charge in [0, 0.05) is 13.2 Å². The van der Waals surface area contributed by atoms with Crippen LogP contribution in [0.15, 0.2) is 39.7 Å². The number of nitrogens with zero attached hydrogens (tertiary/aromatic N) is 1. The number of halogens is 7. The Labute approximate surface area is 139 Å². The summed E-state index contributed by atoms with van der Waals surface area (Å²) in [5.74, 6) is -2.15. The number of pyridine rings is 1. The van der Waals surface area contributed by atoms with Gasteiger partial charge in [-0.25, -0.2) is 0 Å². The Bertz CT molecular complexity index is 793. The quantitative estimate of drug-likeness (QED) is 0.647. The van der Waals surface area contributed by atoms with Crippen molar-refractivity contribution in [2.75, 3.05) is 0 Å². The van der Waals surface area contributed by atoms with Crippen LogP contribution in [-0.4, -0.2) is 4.57 Å². The van der Waals surface area contributed by atoms with Gasteiger partial charge in [0.15, 0.2) is 5.75 Å². The van der Waals surface area contributed by atoms with Crippen molar-refractivity contribution >= 4 is 15.9 Å². The smallest absolute Gasteiger partial charge is 0.420 e. The van der Waals surface area contributed by atoms with Crippen LogP contribution in [0.3, 0.4) is 0 Å². The zero-order valence-corrected chi connectivity index (χ0v) is 13.4. The average Bonchev–Trinajstić information content (AvgIpc) is 2.45. The molecular weight excluding hydrogens is 408 g/mol. The Morgan fingerprint density at radius 1 is 0.958 bits per heavy atom. The lowest BCUT2D eigenvalue weighted by molar-refractivity contribution is -0.145. The minimum atomic E-state index is -5.09. The molecule has 1 heterocycles. The fraction of sp³-hybridized carbons (Fsp3) is 0.214. The molecule has 0 saturated carbocycles. The van der Waals surface area contributed by atoms with E-state index in [9.17, 15) is 31.1 Å². The first-order valence-electron chi connectivity index (χ1n) is 6.23. The molecule has 0 fully saturated rings. The number of benzene rings is 1. The molecule has 0 aliphatic heterocycles. The number of hydrogen-bond acceptors (Lipinski definition) is 2. The molecule has 1 aromatic heterocycles. The largest absolute Gasteiger partial charge is 0.449 e. The van der Waals surface area contributed by atoms with E-state index in [1.807, 2.05) is 0 Å². The number of alkyl halides is 6. The maximum Gasteiger partial charge on any atom is 0.420 e. The topological polar surface area (TPSA) is 31.2 Å². The Balaban J connectivity index is 2.74. The van der Waals surface area contributed by atoms with Crippen LogP contribution in [-0.2, 0) is 19.4 Å². The molecule has 0 aliphatic carbocycles. The van der Waals surface area contributed by atoms with E-state index in [1.165, 1.54) is 19.3 Å². The molecule has 0 amide bonds. The highest BCUT2D eigenvalue weighted by Gasteiger charge is 2.42. The van der Waals surface area contributed by atoms with Gasteiger partial charge in [0.25, 0.3) is 5.56 Å². The van der Waals surface area contributed by atoms with E-state index in [0.29, 0.717) is 18.2 Å². The van der Waals surface area contributed by atoms with Gasteiger partial charge in [-0.2, -0.15) is 26.3 Å². The van der Waals surface area contributed by atoms with E-state index in [0.717, 1.165) is 4.57 Å². The van der Waals surface area contributed by atoms with Gasteiger partial charge in [-0.15, -0.1) is 0 Å². The van der Waals surface area contributed by atoms with E-state index >= 15 is 0 Å². The first-order valence-corrected chi connectivity index (χ1v) is 7.02. The fourth-order valence-electron chi connectivity index (χ4n) is 1.87. The summed E-state index contributed by atoms with van der Waals surface area (Å²) in [6.45, 7) is 0.